The number of amides is 1. The van der Waals surface area contributed by atoms with E-state index in [1.54, 1.807) is 18.4 Å². The standard InChI is InChI=1S/C15H18N2O2S/c1-11-5-3-4-6-13(11)15(18)16-8-7-12-10-20-14(17-12)9-19-2/h3-6,10H,7-9H2,1-2H3,(H,16,18). The smallest absolute Gasteiger partial charge is 0.251 e. The van der Waals surface area contributed by atoms with Crippen LogP contribution in [-0.4, -0.2) is 24.5 Å². The number of carbonyl (C=O) groups is 1. The Morgan fingerprint density at radius 2 is 2.20 bits per heavy atom. The van der Waals surface area contributed by atoms with Gasteiger partial charge < -0.3 is 10.1 Å². The number of benzene rings is 1. The fourth-order valence-corrected chi connectivity index (χ4v) is 2.68. The normalized spacial score (nSPS) is 10.5. The second-order valence-electron chi connectivity index (χ2n) is 4.49. The van der Waals surface area contributed by atoms with Crippen LogP contribution >= 0.6 is 11.3 Å². The number of nitrogens with one attached hydrogen (secondary N) is 1. The van der Waals surface area contributed by atoms with Crippen LogP contribution in [0, 0.1) is 6.92 Å². The second-order valence-corrected chi connectivity index (χ2v) is 5.43. The minimum Gasteiger partial charge on any atom is -0.378 e. The van der Waals surface area contributed by atoms with Gasteiger partial charge in [0.1, 0.15) is 5.01 Å². The van der Waals surface area contributed by atoms with Crippen LogP contribution in [0.3, 0.4) is 0 Å². The van der Waals surface area contributed by atoms with Gasteiger partial charge in [-0.2, -0.15) is 0 Å². The summed E-state index contributed by atoms with van der Waals surface area (Å²) in [7, 11) is 1.66. The lowest BCUT2D eigenvalue weighted by Crippen LogP contribution is -2.26. The quantitative estimate of drug-likeness (QED) is 0.889. The maximum absolute atomic E-state index is 12.0. The van der Waals surface area contributed by atoms with Crippen molar-refractivity contribution in [1.29, 1.82) is 0 Å². The molecule has 1 heterocycles. The summed E-state index contributed by atoms with van der Waals surface area (Å²) >= 11 is 1.58. The Kier molecular flexibility index (Phi) is 5.26. The van der Waals surface area contributed by atoms with E-state index in [0.29, 0.717) is 13.2 Å². The number of aryl methyl sites for hydroxylation is 1. The number of rotatable bonds is 6. The molecule has 0 aliphatic heterocycles. The Morgan fingerprint density at radius 1 is 1.40 bits per heavy atom. The molecule has 0 fully saturated rings. The van der Waals surface area contributed by atoms with Gasteiger partial charge in [-0.3, -0.25) is 4.79 Å². The molecule has 1 amide bonds. The van der Waals surface area contributed by atoms with Gasteiger partial charge in [0.05, 0.1) is 12.3 Å². The third kappa shape index (κ3) is 3.88. The maximum atomic E-state index is 12.0. The fraction of sp³-hybridized carbons (Fsp3) is 0.333. The summed E-state index contributed by atoms with van der Waals surface area (Å²) in [5.74, 6) is -0.0320. The Hall–Kier alpha value is -1.72. The average molecular weight is 290 g/mol. The zero-order chi connectivity index (χ0) is 14.4. The molecule has 0 atom stereocenters. The first-order chi connectivity index (χ1) is 9.70. The lowest BCUT2D eigenvalue weighted by Gasteiger charge is -2.06. The molecule has 0 radical (unpaired) electrons. The summed E-state index contributed by atoms with van der Waals surface area (Å²) in [5, 5.41) is 5.90. The van der Waals surface area contributed by atoms with E-state index in [1.807, 2.05) is 36.6 Å². The molecule has 0 aliphatic rings. The molecule has 1 aromatic heterocycles. The topological polar surface area (TPSA) is 51.2 Å². The summed E-state index contributed by atoms with van der Waals surface area (Å²) in [5.41, 5.74) is 2.71. The zero-order valence-corrected chi connectivity index (χ0v) is 12.5. The number of thiazole rings is 1. The van der Waals surface area contributed by atoms with Gasteiger partial charge >= 0.3 is 0 Å². The number of nitrogens with zero attached hydrogens (tertiary/aromatic N) is 1. The van der Waals surface area contributed by atoms with E-state index in [0.717, 1.165) is 28.2 Å². The largest absolute Gasteiger partial charge is 0.378 e. The summed E-state index contributed by atoms with van der Waals surface area (Å²) in [6, 6.07) is 7.58. The number of hydrogen-bond donors (Lipinski definition) is 1. The highest BCUT2D eigenvalue weighted by atomic mass is 32.1. The first kappa shape index (κ1) is 14.7. The number of aromatic nitrogens is 1. The Labute approximate surface area is 122 Å². The first-order valence-electron chi connectivity index (χ1n) is 6.46. The molecule has 0 unspecified atom stereocenters. The number of carbonyl (C=O) groups excluding carboxylic acids is 1. The molecule has 1 aromatic carbocycles. The van der Waals surface area contributed by atoms with Crippen LogP contribution in [-0.2, 0) is 17.8 Å². The first-order valence-corrected chi connectivity index (χ1v) is 7.34. The predicted molar refractivity (Wildman–Crippen MR) is 80.0 cm³/mol. The van der Waals surface area contributed by atoms with Crippen LogP contribution in [0.1, 0.15) is 26.6 Å². The third-order valence-corrected chi connectivity index (χ3v) is 3.79. The Balaban J connectivity index is 1.83. The van der Waals surface area contributed by atoms with Crippen LogP contribution < -0.4 is 5.32 Å². The van der Waals surface area contributed by atoms with E-state index >= 15 is 0 Å². The van der Waals surface area contributed by atoms with E-state index in [-0.39, 0.29) is 5.91 Å². The third-order valence-electron chi connectivity index (χ3n) is 2.92. The molecule has 0 aliphatic carbocycles. The molecule has 1 N–H and O–H groups in total. The predicted octanol–water partition coefficient (Wildman–Crippen LogP) is 2.57. The second kappa shape index (κ2) is 7.17. The summed E-state index contributed by atoms with van der Waals surface area (Å²) in [4.78, 5) is 16.4. The van der Waals surface area contributed by atoms with Crippen molar-refractivity contribution < 1.29 is 9.53 Å². The van der Waals surface area contributed by atoms with Gasteiger partial charge in [-0.05, 0) is 18.6 Å². The van der Waals surface area contributed by atoms with Gasteiger partial charge in [-0.25, -0.2) is 4.98 Å². The van der Waals surface area contributed by atoms with E-state index in [4.69, 9.17) is 4.74 Å². The molecular formula is C15H18N2O2S. The van der Waals surface area contributed by atoms with Crippen molar-refractivity contribution in [3.8, 4) is 0 Å². The Bertz CT molecular complexity index is 581. The summed E-state index contributed by atoms with van der Waals surface area (Å²) < 4.78 is 5.03. The summed E-state index contributed by atoms with van der Waals surface area (Å²) in [6.07, 6.45) is 0.734. The van der Waals surface area contributed by atoms with E-state index in [9.17, 15) is 4.79 Å². The highest BCUT2D eigenvalue weighted by Crippen LogP contribution is 2.11. The fourth-order valence-electron chi connectivity index (χ4n) is 1.88. The van der Waals surface area contributed by atoms with Crippen molar-refractivity contribution in [2.75, 3.05) is 13.7 Å². The molecule has 0 saturated heterocycles. The summed E-state index contributed by atoms with van der Waals surface area (Å²) in [6.45, 7) is 3.07. The molecule has 2 rings (SSSR count). The molecule has 5 heteroatoms. The number of hydrogen-bond acceptors (Lipinski definition) is 4. The maximum Gasteiger partial charge on any atom is 0.251 e. The highest BCUT2D eigenvalue weighted by Gasteiger charge is 2.08. The van der Waals surface area contributed by atoms with Crippen molar-refractivity contribution in [2.24, 2.45) is 0 Å². The monoisotopic (exact) mass is 290 g/mol. The lowest BCUT2D eigenvalue weighted by molar-refractivity contribution is 0.0953. The average Bonchev–Trinajstić information content (AvgIpc) is 2.87. The van der Waals surface area contributed by atoms with Crippen LogP contribution in [0.25, 0.3) is 0 Å². The van der Waals surface area contributed by atoms with Crippen molar-refractivity contribution in [2.45, 2.75) is 20.0 Å². The number of methoxy groups -OCH3 is 1. The van der Waals surface area contributed by atoms with Crippen molar-refractivity contribution in [1.82, 2.24) is 10.3 Å². The molecule has 4 nitrogen and oxygen atoms in total. The number of ether oxygens (including phenoxy) is 1. The van der Waals surface area contributed by atoms with E-state index in [1.165, 1.54) is 0 Å². The van der Waals surface area contributed by atoms with Crippen LogP contribution in [0.4, 0.5) is 0 Å². The Morgan fingerprint density at radius 3 is 2.95 bits per heavy atom. The molecule has 2 aromatic rings. The zero-order valence-electron chi connectivity index (χ0n) is 11.7. The van der Waals surface area contributed by atoms with Gasteiger partial charge in [0, 0.05) is 31.0 Å². The van der Waals surface area contributed by atoms with E-state index < -0.39 is 0 Å². The molecular weight excluding hydrogens is 272 g/mol. The van der Waals surface area contributed by atoms with Gasteiger partial charge in [0.2, 0.25) is 0 Å². The van der Waals surface area contributed by atoms with Crippen LogP contribution in [0.5, 0.6) is 0 Å². The molecule has 0 spiro atoms. The van der Waals surface area contributed by atoms with Crippen molar-refractivity contribution in [3.63, 3.8) is 0 Å². The van der Waals surface area contributed by atoms with E-state index in [2.05, 4.69) is 10.3 Å². The molecule has 0 bridgehead atoms. The highest BCUT2D eigenvalue weighted by molar-refractivity contribution is 7.09. The molecule has 0 saturated carbocycles. The van der Waals surface area contributed by atoms with Gasteiger partial charge in [-0.15, -0.1) is 11.3 Å². The minimum absolute atomic E-state index is 0.0320. The lowest BCUT2D eigenvalue weighted by atomic mass is 10.1. The van der Waals surface area contributed by atoms with Crippen molar-refractivity contribution >= 4 is 17.2 Å². The minimum atomic E-state index is -0.0320. The van der Waals surface area contributed by atoms with Crippen molar-refractivity contribution in [3.05, 3.63) is 51.5 Å². The van der Waals surface area contributed by atoms with Gasteiger partial charge in [0.15, 0.2) is 0 Å². The van der Waals surface area contributed by atoms with Crippen LogP contribution in [0.15, 0.2) is 29.6 Å². The van der Waals surface area contributed by atoms with Gasteiger partial charge in [-0.1, -0.05) is 18.2 Å². The SMILES string of the molecule is COCc1nc(CCNC(=O)c2ccccc2C)cs1. The van der Waals surface area contributed by atoms with Crippen LogP contribution in [0.2, 0.25) is 0 Å². The molecule has 20 heavy (non-hydrogen) atoms. The van der Waals surface area contributed by atoms with Gasteiger partial charge in [0.25, 0.3) is 5.91 Å². The molecule has 106 valence electrons.